The molecule has 2 aromatic rings. The van der Waals surface area contributed by atoms with Crippen molar-refractivity contribution in [1.82, 2.24) is 24.4 Å². The molecule has 0 saturated carbocycles. The zero-order valence-electron chi connectivity index (χ0n) is 12.7. The zero-order valence-corrected chi connectivity index (χ0v) is 12.7. The van der Waals surface area contributed by atoms with Gasteiger partial charge in [-0.15, -0.1) is 0 Å². The molecular weight excluding hydrogens is 300 g/mol. The molecule has 23 heavy (non-hydrogen) atoms. The van der Waals surface area contributed by atoms with Crippen molar-refractivity contribution < 1.29 is 14.6 Å². The summed E-state index contributed by atoms with van der Waals surface area (Å²) in [6, 6.07) is 0.143. The maximum absolute atomic E-state index is 9.52. The van der Waals surface area contributed by atoms with E-state index in [4.69, 9.17) is 15.2 Å². The van der Waals surface area contributed by atoms with Gasteiger partial charge in [-0.2, -0.15) is 0 Å². The van der Waals surface area contributed by atoms with E-state index in [-0.39, 0.29) is 25.0 Å². The molecule has 3 atom stereocenters. The fourth-order valence-electron chi connectivity index (χ4n) is 3.39. The molecule has 124 valence electrons. The Morgan fingerprint density at radius 2 is 2.09 bits per heavy atom. The molecule has 4 heterocycles. The Hall–Kier alpha value is -1.81. The monoisotopic (exact) mass is 320 g/mol. The predicted octanol–water partition coefficient (Wildman–Crippen LogP) is -0.611. The summed E-state index contributed by atoms with van der Waals surface area (Å²) in [5.41, 5.74) is 7.09. The quantitative estimate of drug-likeness (QED) is 0.770. The van der Waals surface area contributed by atoms with Crippen molar-refractivity contribution in [3.8, 4) is 0 Å². The summed E-state index contributed by atoms with van der Waals surface area (Å²) in [7, 11) is 0. The fraction of sp³-hybridized carbons (Fsp3) is 0.643. The summed E-state index contributed by atoms with van der Waals surface area (Å²) in [6.07, 6.45) is 3.43. The van der Waals surface area contributed by atoms with E-state index < -0.39 is 0 Å². The Balaban J connectivity index is 1.70. The number of nitrogens with zero attached hydrogens (tertiary/aromatic N) is 5. The molecule has 9 heteroatoms. The number of aliphatic hydroxyl groups is 1. The van der Waals surface area contributed by atoms with Crippen LogP contribution in [0.4, 0.5) is 5.82 Å². The van der Waals surface area contributed by atoms with Gasteiger partial charge < -0.3 is 20.3 Å². The summed E-state index contributed by atoms with van der Waals surface area (Å²) in [4.78, 5) is 14.9. The molecule has 0 spiro atoms. The lowest BCUT2D eigenvalue weighted by molar-refractivity contribution is -0.0541. The second-order valence-electron chi connectivity index (χ2n) is 5.87. The lowest BCUT2D eigenvalue weighted by atomic mass is 10.1. The van der Waals surface area contributed by atoms with E-state index in [9.17, 15) is 5.11 Å². The average Bonchev–Trinajstić information content (AvgIpc) is 3.20. The molecular formula is C14H20N6O3. The number of nitrogen functional groups attached to an aromatic ring is 1. The minimum Gasteiger partial charge on any atom is -0.394 e. The summed E-state index contributed by atoms with van der Waals surface area (Å²) < 4.78 is 13.4. The first-order valence-electron chi connectivity index (χ1n) is 7.79. The van der Waals surface area contributed by atoms with Crippen LogP contribution in [0.2, 0.25) is 0 Å². The summed E-state index contributed by atoms with van der Waals surface area (Å²) in [5.74, 6) is 0.355. The molecule has 3 N–H and O–H groups in total. The number of hydrogen-bond acceptors (Lipinski definition) is 8. The first-order chi connectivity index (χ1) is 11.3. The molecule has 4 rings (SSSR count). The minimum absolute atomic E-state index is 0.00108. The number of ether oxygens (including phenoxy) is 2. The van der Waals surface area contributed by atoms with Gasteiger partial charge in [0, 0.05) is 13.1 Å². The number of anilines is 1. The molecule has 0 amide bonds. The van der Waals surface area contributed by atoms with Gasteiger partial charge in [0.15, 0.2) is 17.7 Å². The van der Waals surface area contributed by atoms with E-state index in [1.807, 2.05) is 4.57 Å². The van der Waals surface area contributed by atoms with E-state index in [0.29, 0.717) is 30.2 Å². The predicted molar refractivity (Wildman–Crippen MR) is 81.5 cm³/mol. The topological polar surface area (TPSA) is 112 Å². The van der Waals surface area contributed by atoms with Crippen molar-refractivity contribution in [3.63, 3.8) is 0 Å². The molecule has 0 radical (unpaired) electrons. The number of nitrogens with two attached hydrogens (primary N) is 1. The molecule has 2 aliphatic rings. The molecule has 2 aliphatic heterocycles. The highest BCUT2D eigenvalue weighted by atomic mass is 16.5. The Labute approximate surface area is 133 Å². The van der Waals surface area contributed by atoms with E-state index in [0.717, 1.165) is 19.5 Å². The second-order valence-corrected chi connectivity index (χ2v) is 5.87. The van der Waals surface area contributed by atoms with Crippen molar-refractivity contribution in [3.05, 3.63) is 12.7 Å². The van der Waals surface area contributed by atoms with Gasteiger partial charge >= 0.3 is 0 Å². The van der Waals surface area contributed by atoms with Crippen LogP contribution in [0.5, 0.6) is 0 Å². The van der Waals surface area contributed by atoms with Crippen LogP contribution in [0.25, 0.3) is 11.2 Å². The number of hydrogen-bond donors (Lipinski definition) is 2. The Bertz CT molecular complexity index is 686. The van der Waals surface area contributed by atoms with Gasteiger partial charge in [0.2, 0.25) is 0 Å². The van der Waals surface area contributed by atoms with Gasteiger partial charge in [0.1, 0.15) is 11.8 Å². The summed E-state index contributed by atoms with van der Waals surface area (Å²) >= 11 is 0. The van der Waals surface area contributed by atoms with Crippen molar-refractivity contribution >= 4 is 17.0 Å². The molecule has 0 unspecified atom stereocenters. The fourth-order valence-corrected chi connectivity index (χ4v) is 3.39. The highest BCUT2D eigenvalue weighted by Gasteiger charge is 2.40. The van der Waals surface area contributed by atoms with E-state index in [2.05, 4.69) is 19.9 Å². The van der Waals surface area contributed by atoms with Crippen LogP contribution < -0.4 is 5.73 Å². The van der Waals surface area contributed by atoms with E-state index in [1.54, 1.807) is 6.33 Å². The maximum atomic E-state index is 9.52. The van der Waals surface area contributed by atoms with Crippen LogP contribution in [0, 0.1) is 0 Å². The van der Waals surface area contributed by atoms with Crippen LogP contribution >= 0.6 is 0 Å². The van der Waals surface area contributed by atoms with Crippen LogP contribution in [0.15, 0.2) is 12.7 Å². The first kappa shape index (κ1) is 14.8. The lowest BCUT2D eigenvalue weighted by Gasteiger charge is -2.34. The van der Waals surface area contributed by atoms with Gasteiger partial charge in [0.25, 0.3) is 0 Å². The molecule has 0 bridgehead atoms. The molecule has 9 nitrogen and oxygen atoms in total. The number of aliphatic hydroxyl groups excluding tert-OH is 1. The smallest absolute Gasteiger partial charge is 0.167 e. The average molecular weight is 320 g/mol. The molecule has 2 saturated heterocycles. The third-order valence-electron chi connectivity index (χ3n) is 4.54. The third kappa shape index (κ3) is 2.55. The maximum Gasteiger partial charge on any atom is 0.167 e. The number of rotatable bonds is 3. The Kier molecular flexibility index (Phi) is 3.85. The normalized spacial score (nSPS) is 29.3. The Morgan fingerprint density at radius 1 is 1.26 bits per heavy atom. The number of aromatic nitrogens is 4. The second kappa shape index (κ2) is 6.00. The van der Waals surface area contributed by atoms with Gasteiger partial charge in [0.05, 0.1) is 38.3 Å². The van der Waals surface area contributed by atoms with Crippen LogP contribution in [-0.4, -0.2) is 74.6 Å². The largest absolute Gasteiger partial charge is 0.394 e. The van der Waals surface area contributed by atoms with Crippen LogP contribution in [-0.2, 0) is 9.47 Å². The van der Waals surface area contributed by atoms with Gasteiger partial charge in [-0.05, 0) is 6.42 Å². The zero-order chi connectivity index (χ0) is 15.8. The highest BCUT2D eigenvalue weighted by molar-refractivity contribution is 5.81. The van der Waals surface area contributed by atoms with Crippen molar-refractivity contribution in [2.45, 2.75) is 24.8 Å². The Morgan fingerprint density at radius 3 is 2.87 bits per heavy atom. The van der Waals surface area contributed by atoms with Crippen molar-refractivity contribution in [2.24, 2.45) is 0 Å². The molecule has 2 fully saturated rings. The minimum atomic E-state index is -0.260. The SMILES string of the molecule is Nc1ncnc2c1ncn2[C@@H]1O[C@H](CO)C[C@H]1N1CCOCC1. The standard InChI is InChI=1S/C14H20N6O3/c15-12-11-13(17-7-16-12)20(8-18-11)14-10(5-9(6-21)23-14)19-1-3-22-4-2-19/h7-10,14,21H,1-6H2,(H2,15,16,17)/t9-,10+,14+/m0/s1. The molecule has 0 aliphatic carbocycles. The summed E-state index contributed by atoms with van der Waals surface area (Å²) in [6.45, 7) is 3.14. The van der Waals surface area contributed by atoms with Crippen molar-refractivity contribution in [2.75, 3.05) is 38.6 Å². The number of imidazole rings is 1. The first-order valence-corrected chi connectivity index (χ1v) is 7.79. The molecule has 2 aromatic heterocycles. The van der Waals surface area contributed by atoms with Gasteiger partial charge in [-0.1, -0.05) is 0 Å². The van der Waals surface area contributed by atoms with E-state index >= 15 is 0 Å². The third-order valence-corrected chi connectivity index (χ3v) is 4.54. The highest BCUT2D eigenvalue weighted by Crippen LogP contribution is 2.34. The van der Waals surface area contributed by atoms with Gasteiger partial charge in [-0.3, -0.25) is 9.47 Å². The number of fused-ring (bicyclic) bond motifs is 1. The van der Waals surface area contributed by atoms with Gasteiger partial charge in [-0.25, -0.2) is 15.0 Å². The van der Waals surface area contributed by atoms with Crippen LogP contribution in [0.3, 0.4) is 0 Å². The lowest BCUT2D eigenvalue weighted by Crippen LogP contribution is -2.45. The summed E-state index contributed by atoms with van der Waals surface area (Å²) in [5, 5.41) is 9.52. The number of morpholine rings is 1. The van der Waals surface area contributed by atoms with Crippen molar-refractivity contribution in [1.29, 1.82) is 0 Å². The van der Waals surface area contributed by atoms with Crippen LogP contribution in [0.1, 0.15) is 12.6 Å². The van der Waals surface area contributed by atoms with E-state index in [1.165, 1.54) is 6.33 Å². The molecule has 0 aromatic carbocycles.